The number of carbonyl (C=O) groups is 1. The van der Waals surface area contributed by atoms with Gasteiger partial charge < -0.3 is 15.4 Å². The SMILES string of the molecule is COCc1cccc(NC(=O)N[C@@H](c2cccs2)C2CCCC2)c1. The van der Waals surface area contributed by atoms with E-state index in [0.29, 0.717) is 12.5 Å². The van der Waals surface area contributed by atoms with Crippen LogP contribution in [-0.4, -0.2) is 13.1 Å². The van der Waals surface area contributed by atoms with Crippen LogP contribution in [0.15, 0.2) is 41.8 Å². The van der Waals surface area contributed by atoms with Crippen molar-refractivity contribution in [3.63, 3.8) is 0 Å². The van der Waals surface area contributed by atoms with Crippen molar-refractivity contribution in [3.05, 3.63) is 52.2 Å². The Morgan fingerprint density at radius 2 is 2.12 bits per heavy atom. The summed E-state index contributed by atoms with van der Waals surface area (Å²) in [6, 6.07) is 11.9. The van der Waals surface area contributed by atoms with Crippen LogP contribution < -0.4 is 10.6 Å². The van der Waals surface area contributed by atoms with Crippen molar-refractivity contribution in [2.45, 2.75) is 38.3 Å². The molecule has 1 aliphatic carbocycles. The molecule has 1 fully saturated rings. The van der Waals surface area contributed by atoms with Gasteiger partial charge in [0.05, 0.1) is 12.6 Å². The molecule has 1 saturated carbocycles. The van der Waals surface area contributed by atoms with Crippen LogP contribution in [0.4, 0.5) is 10.5 Å². The quantitative estimate of drug-likeness (QED) is 0.779. The minimum Gasteiger partial charge on any atom is -0.380 e. The molecule has 1 aromatic heterocycles. The third kappa shape index (κ3) is 4.36. The van der Waals surface area contributed by atoms with Gasteiger partial charge >= 0.3 is 6.03 Å². The minimum atomic E-state index is -0.144. The summed E-state index contributed by atoms with van der Waals surface area (Å²) in [4.78, 5) is 13.7. The Morgan fingerprint density at radius 1 is 1.29 bits per heavy atom. The molecule has 0 bridgehead atoms. The lowest BCUT2D eigenvalue weighted by atomic mass is 9.97. The fourth-order valence-corrected chi connectivity index (χ4v) is 4.26. The topological polar surface area (TPSA) is 50.4 Å². The first-order valence-corrected chi connectivity index (χ1v) is 9.33. The predicted molar refractivity (Wildman–Crippen MR) is 98.3 cm³/mol. The van der Waals surface area contributed by atoms with Crippen LogP contribution in [0.1, 0.15) is 42.2 Å². The number of hydrogen-bond acceptors (Lipinski definition) is 3. The third-order valence-corrected chi connectivity index (χ3v) is 5.46. The Hall–Kier alpha value is -1.85. The van der Waals surface area contributed by atoms with Gasteiger partial charge in [-0.25, -0.2) is 4.79 Å². The highest BCUT2D eigenvalue weighted by Crippen LogP contribution is 2.37. The Kier molecular flexibility index (Phi) is 5.88. The number of hydrogen-bond donors (Lipinski definition) is 2. The van der Waals surface area contributed by atoms with Crippen LogP contribution >= 0.6 is 11.3 Å². The van der Waals surface area contributed by atoms with Crippen LogP contribution in [0.3, 0.4) is 0 Å². The van der Waals surface area contributed by atoms with E-state index in [0.717, 1.165) is 11.3 Å². The molecule has 1 aromatic carbocycles. The number of methoxy groups -OCH3 is 1. The van der Waals surface area contributed by atoms with E-state index in [-0.39, 0.29) is 12.1 Å². The summed E-state index contributed by atoms with van der Waals surface area (Å²) in [6.45, 7) is 0.539. The highest BCUT2D eigenvalue weighted by atomic mass is 32.1. The number of thiophene rings is 1. The predicted octanol–water partition coefficient (Wildman–Crippen LogP) is 4.95. The zero-order chi connectivity index (χ0) is 16.8. The highest BCUT2D eigenvalue weighted by molar-refractivity contribution is 7.10. The van der Waals surface area contributed by atoms with Gasteiger partial charge in [0.2, 0.25) is 0 Å². The standard InChI is InChI=1S/C19H24N2O2S/c1-23-13-14-6-4-9-16(12-14)20-19(22)21-18(15-7-2-3-8-15)17-10-5-11-24-17/h4-6,9-12,15,18H,2-3,7-8,13H2,1H3,(H2,20,21,22)/t18-/m1/s1. The van der Waals surface area contributed by atoms with Gasteiger partial charge in [-0.05, 0) is 47.9 Å². The molecule has 0 saturated heterocycles. The number of rotatable bonds is 6. The number of benzene rings is 1. The lowest BCUT2D eigenvalue weighted by Gasteiger charge is -2.24. The number of carbonyl (C=O) groups excluding carboxylic acids is 1. The van der Waals surface area contributed by atoms with Crippen molar-refractivity contribution < 1.29 is 9.53 Å². The molecule has 1 atom stereocenters. The van der Waals surface area contributed by atoms with Crippen LogP contribution in [0.2, 0.25) is 0 Å². The molecule has 3 rings (SSSR count). The molecular weight excluding hydrogens is 320 g/mol. The smallest absolute Gasteiger partial charge is 0.319 e. The summed E-state index contributed by atoms with van der Waals surface area (Å²) >= 11 is 1.72. The third-order valence-electron chi connectivity index (χ3n) is 4.50. The Bertz CT molecular complexity index is 651. The number of ether oxygens (including phenoxy) is 1. The molecule has 0 spiro atoms. The van der Waals surface area contributed by atoms with Gasteiger partial charge in [0.15, 0.2) is 0 Å². The molecule has 0 radical (unpaired) electrons. The maximum Gasteiger partial charge on any atom is 0.319 e. The molecule has 0 aliphatic heterocycles. The second kappa shape index (κ2) is 8.31. The fraction of sp³-hybridized carbons (Fsp3) is 0.421. The fourth-order valence-electron chi connectivity index (χ4n) is 3.39. The summed E-state index contributed by atoms with van der Waals surface area (Å²) in [5.74, 6) is 0.536. The number of anilines is 1. The summed E-state index contributed by atoms with van der Waals surface area (Å²) < 4.78 is 5.14. The van der Waals surface area contributed by atoms with E-state index < -0.39 is 0 Å². The summed E-state index contributed by atoms with van der Waals surface area (Å²) in [5.41, 5.74) is 1.83. The van der Waals surface area contributed by atoms with E-state index in [4.69, 9.17) is 4.74 Å². The molecule has 1 heterocycles. The Labute approximate surface area is 147 Å². The average Bonchev–Trinajstić information content (AvgIpc) is 3.27. The van der Waals surface area contributed by atoms with Crippen LogP contribution in [0.5, 0.6) is 0 Å². The van der Waals surface area contributed by atoms with E-state index >= 15 is 0 Å². The van der Waals surface area contributed by atoms with Crippen molar-refractivity contribution in [2.24, 2.45) is 5.92 Å². The molecule has 2 N–H and O–H groups in total. The molecule has 1 aliphatic rings. The highest BCUT2D eigenvalue weighted by Gasteiger charge is 2.28. The maximum absolute atomic E-state index is 12.5. The monoisotopic (exact) mass is 344 g/mol. The number of nitrogens with one attached hydrogen (secondary N) is 2. The second-order valence-corrected chi connectivity index (χ2v) is 7.25. The van der Waals surface area contributed by atoms with E-state index in [2.05, 4.69) is 28.1 Å². The van der Waals surface area contributed by atoms with Crippen molar-refractivity contribution in [1.82, 2.24) is 5.32 Å². The minimum absolute atomic E-state index is 0.106. The van der Waals surface area contributed by atoms with Crippen LogP contribution in [0, 0.1) is 5.92 Å². The zero-order valence-corrected chi connectivity index (χ0v) is 14.8. The molecular formula is C19H24N2O2S. The normalized spacial score (nSPS) is 16.0. The summed E-state index contributed by atoms with van der Waals surface area (Å²) in [7, 11) is 1.67. The Morgan fingerprint density at radius 3 is 2.83 bits per heavy atom. The van der Waals surface area contributed by atoms with Gasteiger partial charge in [-0.2, -0.15) is 0 Å². The van der Waals surface area contributed by atoms with Crippen LogP contribution in [-0.2, 0) is 11.3 Å². The largest absolute Gasteiger partial charge is 0.380 e. The first-order chi connectivity index (χ1) is 11.8. The van der Waals surface area contributed by atoms with E-state index in [1.807, 2.05) is 24.3 Å². The van der Waals surface area contributed by atoms with Gasteiger partial charge in [-0.1, -0.05) is 31.0 Å². The lowest BCUT2D eigenvalue weighted by Crippen LogP contribution is -2.35. The van der Waals surface area contributed by atoms with Gasteiger partial charge in [0.25, 0.3) is 0 Å². The van der Waals surface area contributed by atoms with Gasteiger partial charge in [-0.15, -0.1) is 11.3 Å². The van der Waals surface area contributed by atoms with Crippen molar-refractivity contribution in [1.29, 1.82) is 0 Å². The van der Waals surface area contributed by atoms with E-state index in [9.17, 15) is 4.79 Å². The summed E-state index contributed by atoms with van der Waals surface area (Å²) in [6.07, 6.45) is 4.89. The molecule has 0 unspecified atom stereocenters. The molecule has 24 heavy (non-hydrogen) atoms. The van der Waals surface area contributed by atoms with Crippen LogP contribution in [0.25, 0.3) is 0 Å². The lowest BCUT2D eigenvalue weighted by molar-refractivity contribution is 0.185. The number of amides is 2. The molecule has 2 aromatic rings. The van der Waals surface area contributed by atoms with Crippen molar-refractivity contribution in [2.75, 3.05) is 12.4 Å². The number of urea groups is 1. The second-order valence-electron chi connectivity index (χ2n) is 6.27. The average molecular weight is 344 g/mol. The van der Waals surface area contributed by atoms with Gasteiger partial charge in [0.1, 0.15) is 0 Å². The molecule has 4 nitrogen and oxygen atoms in total. The summed E-state index contributed by atoms with van der Waals surface area (Å²) in [5, 5.41) is 8.22. The molecule has 2 amide bonds. The molecule has 128 valence electrons. The zero-order valence-electron chi connectivity index (χ0n) is 14.0. The first kappa shape index (κ1) is 17.0. The van der Waals surface area contributed by atoms with Gasteiger partial charge in [-0.3, -0.25) is 0 Å². The van der Waals surface area contributed by atoms with E-state index in [1.165, 1.54) is 30.6 Å². The first-order valence-electron chi connectivity index (χ1n) is 8.45. The van der Waals surface area contributed by atoms with E-state index in [1.54, 1.807) is 18.4 Å². The molecule has 5 heteroatoms. The Balaban J connectivity index is 1.66. The van der Waals surface area contributed by atoms with Crippen molar-refractivity contribution >= 4 is 23.1 Å². The maximum atomic E-state index is 12.5. The van der Waals surface area contributed by atoms with Crippen molar-refractivity contribution in [3.8, 4) is 0 Å². The van der Waals surface area contributed by atoms with Gasteiger partial charge in [0, 0.05) is 17.7 Å².